The summed E-state index contributed by atoms with van der Waals surface area (Å²) in [5.41, 5.74) is 1.99. The van der Waals surface area contributed by atoms with Gasteiger partial charge >= 0.3 is 5.97 Å². The van der Waals surface area contributed by atoms with Crippen LogP contribution in [0.1, 0.15) is 21.6 Å². The molecule has 90 valence electrons. The molecule has 0 bridgehead atoms. The fraction of sp³-hybridized carbons (Fsp3) is 0.133. The van der Waals surface area contributed by atoms with Crippen LogP contribution in [0.2, 0.25) is 0 Å². The summed E-state index contributed by atoms with van der Waals surface area (Å²) in [6.45, 7) is 2.16. The minimum atomic E-state index is -0.918. The highest BCUT2D eigenvalue weighted by Gasteiger charge is 2.11. The van der Waals surface area contributed by atoms with Gasteiger partial charge in [0.15, 0.2) is 0 Å². The van der Waals surface area contributed by atoms with Crippen molar-refractivity contribution in [1.82, 2.24) is 4.57 Å². The molecular formula is C15H13NO2. The predicted molar refractivity (Wildman–Crippen MR) is 69.4 cm³/mol. The fourth-order valence-electron chi connectivity index (χ4n) is 1.75. The first-order valence-corrected chi connectivity index (χ1v) is 5.61. The van der Waals surface area contributed by atoms with Crippen LogP contribution in [-0.4, -0.2) is 15.6 Å². The Bertz CT molecular complexity index is 615. The highest BCUT2D eigenvalue weighted by Crippen LogP contribution is 2.09. The maximum absolute atomic E-state index is 11.1. The normalized spacial score (nSPS) is 9.61. The van der Waals surface area contributed by atoms with E-state index < -0.39 is 5.97 Å². The van der Waals surface area contributed by atoms with Crippen molar-refractivity contribution in [2.24, 2.45) is 0 Å². The summed E-state index contributed by atoms with van der Waals surface area (Å²) in [6.07, 6.45) is 1.75. The van der Waals surface area contributed by atoms with E-state index >= 15 is 0 Å². The van der Waals surface area contributed by atoms with Gasteiger partial charge in [-0.3, -0.25) is 0 Å². The van der Waals surface area contributed by atoms with Crippen molar-refractivity contribution in [1.29, 1.82) is 0 Å². The van der Waals surface area contributed by atoms with Gasteiger partial charge in [0.1, 0.15) is 5.69 Å². The van der Waals surface area contributed by atoms with Gasteiger partial charge in [-0.05, 0) is 30.7 Å². The summed E-state index contributed by atoms with van der Waals surface area (Å²) in [7, 11) is 0. The Morgan fingerprint density at radius 3 is 2.67 bits per heavy atom. The fourth-order valence-corrected chi connectivity index (χ4v) is 1.75. The van der Waals surface area contributed by atoms with Crippen LogP contribution in [-0.2, 0) is 6.54 Å². The lowest BCUT2D eigenvalue weighted by Gasteiger charge is -2.01. The Balaban J connectivity index is 2.17. The summed E-state index contributed by atoms with van der Waals surface area (Å²) >= 11 is 0. The summed E-state index contributed by atoms with van der Waals surface area (Å²) in [5, 5.41) is 9.08. The van der Waals surface area contributed by atoms with E-state index in [1.165, 1.54) is 0 Å². The number of carbonyl (C=O) groups is 1. The van der Waals surface area contributed by atoms with E-state index in [0.717, 1.165) is 11.1 Å². The van der Waals surface area contributed by atoms with Crippen LogP contribution in [0.3, 0.4) is 0 Å². The average Bonchev–Trinajstić information content (AvgIpc) is 2.72. The molecule has 0 aliphatic carbocycles. The summed E-state index contributed by atoms with van der Waals surface area (Å²) in [5.74, 6) is 5.06. The van der Waals surface area contributed by atoms with E-state index in [9.17, 15) is 4.79 Å². The molecule has 18 heavy (non-hydrogen) atoms. The molecule has 0 radical (unpaired) electrons. The molecule has 2 rings (SSSR count). The number of aryl methyl sites for hydroxylation is 1. The summed E-state index contributed by atoms with van der Waals surface area (Å²) < 4.78 is 1.65. The number of carboxylic acids is 1. The van der Waals surface area contributed by atoms with E-state index in [4.69, 9.17) is 5.11 Å². The molecule has 0 aliphatic heterocycles. The zero-order valence-electron chi connectivity index (χ0n) is 10.1. The number of nitrogens with zero attached hydrogens (tertiary/aromatic N) is 1. The Kier molecular flexibility index (Phi) is 3.49. The van der Waals surface area contributed by atoms with Crippen LogP contribution in [0.5, 0.6) is 0 Å². The first-order chi connectivity index (χ1) is 8.68. The van der Waals surface area contributed by atoms with E-state index in [1.807, 2.05) is 30.3 Å². The quantitative estimate of drug-likeness (QED) is 0.818. The number of hydrogen-bond donors (Lipinski definition) is 1. The van der Waals surface area contributed by atoms with Gasteiger partial charge in [-0.1, -0.05) is 30.0 Å². The van der Waals surface area contributed by atoms with Gasteiger partial charge in [0, 0.05) is 11.8 Å². The molecule has 2 aromatic rings. The van der Waals surface area contributed by atoms with Crippen molar-refractivity contribution >= 4 is 5.97 Å². The molecule has 1 heterocycles. The first kappa shape index (κ1) is 12.0. The molecule has 0 saturated carbocycles. The van der Waals surface area contributed by atoms with E-state index in [0.29, 0.717) is 12.2 Å². The zero-order valence-corrected chi connectivity index (χ0v) is 10.1. The highest BCUT2D eigenvalue weighted by atomic mass is 16.4. The Morgan fingerprint density at radius 2 is 2.00 bits per heavy atom. The summed E-state index contributed by atoms with van der Waals surface area (Å²) in [6, 6.07) is 11.4. The van der Waals surface area contributed by atoms with Crippen LogP contribution in [0, 0.1) is 18.8 Å². The van der Waals surface area contributed by atoms with Crippen molar-refractivity contribution in [3.05, 3.63) is 59.4 Å². The van der Waals surface area contributed by atoms with E-state index in [-0.39, 0.29) is 0 Å². The van der Waals surface area contributed by atoms with Gasteiger partial charge in [-0.25, -0.2) is 4.79 Å². The maximum atomic E-state index is 11.1. The number of hydrogen-bond acceptors (Lipinski definition) is 1. The van der Waals surface area contributed by atoms with Crippen molar-refractivity contribution < 1.29 is 9.90 Å². The molecule has 0 amide bonds. The highest BCUT2D eigenvalue weighted by molar-refractivity contribution is 5.87. The molecule has 0 saturated heterocycles. The molecule has 1 aromatic carbocycles. The molecule has 0 fully saturated rings. The number of rotatable bonds is 2. The molecule has 0 aliphatic rings. The summed E-state index contributed by atoms with van der Waals surface area (Å²) in [4.78, 5) is 11.1. The first-order valence-electron chi connectivity index (χ1n) is 5.61. The second-order valence-corrected chi connectivity index (χ2v) is 3.95. The lowest BCUT2D eigenvalue weighted by molar-refractivity contribution is 0.0685. The Labute approximate surface area is 106 Å². The van der Waals surface area contributed by atoms with Crippen molar-refractivity contribution in [2.45, 2.75) is 13.5 Å². The maximum Gasteiger partial charge on any atom is 0.352 e. The van der Waals surface area contributed by atoms with Gasteiger partial charge in [0.25, 0.3) is 0 Å². The number of benzene rings is 1. The topological polar surface area (TPSA) is 42.2 Å². The van der Waals surface area contributed by atoms with Crippen LogP contribution in [0.15, 0.2) is 42.6 Å². The molecule has 3 nitrogen and oxygen atoms in total. The molecular weight excluding hydrogens is 226 g/mol. The van der Waals surface area contributed by atoms with Crippen LogP contribution in [0.4, 0.5) is 0 Å². The lowest BCUT2D eigenvalue weighted by Crippen LogP contribution is -2.08. The molecule has 0 atom stereocenters. The largest absolute Gasteiger partial charge is 0.477 e. The second kappa shape index (κ2) is 5.24. The third-order valence-corrected chi connectivity index (χ3v) is 2.62. The smallest absolute Gasteiger partial charge is 0.352 e. The zero-order chi connectivity index (χ0) is 13.0. The van der Waals surface area contributed by atoms with Crippen LogP contribution < -0.4 is 0 Å². The lowest BCUT2D eigenvalue weighted by atomic mass is 10.2. The molecule has 1 aromatic heterocycles. The third-order valence-electron chi connectivity index (χ3n) is 2.62. The van der Waals surface area contributed by atoms with E-state index in [2.05, 4.69) is 11.8 Å². The molecule has 1 N–H and O–H groups in total. The second-order valence-electron chi connectivity index (χ2n) is 3.95. The van der Waals surface area contributed by atoms with Gasteiger partial charge in [-0.2, -0.15) is 0 Å². The van der Waals surface area contributed by atoms with Crippen molar-refractivity contribution in [2.75, 3.05) is 0 Å². The third kappa shape index (κ3) is 2.61. The van der Waals surface area contributed by atoms with Gasteiger partial charge in [-0.15, -0.1) is 0 Å². The average molecular weight is 239 g/mol. The van der Waals surface area contributed by atoms with Crippen molar-refractivity contribution in [3.8, 4) is 11.8 Å². The SMILES string of the molecule is Cc1ccn(CC#Cc2ccccc2)c1C(=O)O. The minimum Gasteiger partial charge on any atom is -0.477 e. The van der Waals surface area contributed by atoms with Crippen LogP contribution >= 0.6 is 0 Å². The van der Waals surface area contributed by atoms with Gasteiger partial charge in [0.05, 0.1) is 6.54 Å². The number of aromatic nitrogens is 1. The van der Waals surface area contributed by atoms with E-state index in [1.54, 1.807) is 23.8 Å². The van der Waals surface area contributed by atoms with Gasteiger partial charge < -0.3 is 9.67 Å². The molecule has 3 heteroatoms. The van der Waals surface area contributed by atoms with Crippen molar-refractivity contribution in [3.63, 3.8) is 0 Å². The standard InChI is InChI=1S/C15H13NO2/c1-12-9-11-16(14(12)15(17)18)10-5-8-13-6-3-2-4-7-13/h2-4,6-7,9,11H,10H2,1H3,(H,17,18). The Morgan fingerprint density at radius 1 is 1.28 bits per heavy atom. The minimum absolute atomic E-state index is 0.303. The number of carboxylic acid groups (broad SMARTS) is 1. The Hall–Kier alpha value is -2.47. The molecule has 0 spiro atoms. The monoisotopic (exact) mass is 239 g/mol. The predicted octanol–water partition coefficient (Wildman–Crippen LogP) is 2.55. The number of aromatic carboxylic acids is 1. The van der Waals surface area contributed by atoms with Gasteiger partial charge in [0.2, 0.25) is 0 Å². The molecule has 0 unspecified atom stereocenters. The van der Waals surface area contributed by atoms with Crippen LogP contribution in [0.25, 0.3) is 0 Å².